The molecule has 0 N–H and O–H groups in total. The van der Waals surface area contributed by atoms with Crippen LogP contribution in [0.1, 0.15) is 28.5 Å². The quantitative estimate of drug-likeness (QED) is 0.797. The molecule has 0 saturated heterocycles. The summed E-state index contributed by atoms with van der Waals surface area (Å²) < 4.78 is 14.1. The maximum atomic E-state index is 13.7. The van der Waals surface area contributed by atoms with Crippen LogP contribution < -0.4 is 0 Å². The van der Waals surface area contributed by atoms with E-state index in [1.165, 1.54) is 6.07 Å². The number of pyridine rings is 1. The zero-order valence-corrected chi connectivity index (χ0v) is 12.1. The second-order valence-corrected chi connectivity index (χ2v) is 5.06. The van der Waals surface area contributed by atoms with Gasteiger partial charge in [0.15, 0.2) is 5.78 Å². The molecule has 1 aromatic heterocycles. The SMILES string of the molecule is CCc1ccc(CC(=O)c2c(F)cccc2Br)nc1. The van der Waals surface area contributed by atoms with E-state index in [0.29, 0.717) is 10.2 Å². The minimum atomic E-state index is -0.510. The number of Topliss-reactive ketones (excluding diaryl/α,β-unsaturated/α-hetero) is 1. The summed E-state index contributed by atoms with van der Waals surface area (Å²) in [6.45, 7) is 2.04. The highest BCUT2D eigenvalue weighted by atomic mass is 79.9. The van der Waals surface area contributed by atoms with Gasteiger partial charge in [0.2, 0.25) is 0 Å². The predicted octanol–water partition coefficient (Wildman–Crippen LogP) is 3.97. The predicted molar refractivity (Wildman–Crippen MR) is 75.7 cm³/mol. The molecule has 0 aliphatic rings. The lowest BCUT2D eigenvalue weighted by molar-refractivity contribution is 0.0987. The first kappa shape index (κ1) is 13.9. The summed E-state index contributed by atoms with van der Waals surface area (Å²) in [4.78, 5) is 16.3. The zero-order valence-electron chi connectivity index (χ0n) is 10.5. The number of ketones is 1. The van der Waals surface area contributed by atoms with Crippen molar-refractivity contribution in [2.45, 2.75) is 19.8 Å². The van der Waals surface area contributed by atoms with Gasteiger partial charge in [0.25, 0.3) is 0 Å². The van der Waals surface area contributed by atoms with E-state index in [1.54, 1.807) is 18.3 Å². The lowest BCUT2D eigenvalue weighted by Crippen LogP contribution is -2.08. The molecule has 0 amide bonds. The molecule has 0 aliphatic carbocycles. The van der Waals surface area contributed by atoms with Crippen molar-refractivity contribution in [3.63, 3.8) is 0 Å². The van der Waals surface area contributed by atoms with Crippen LogP contribution in [-0.4, -0.2) is 10.8 Å². The second-order valence-electron chi connectivity index (χ2n) is 4.21. The third-order valence-corrected chi connectivity index (χ3v) is 3.54. The van der Waals surface area contributed by atoms with Crippen LogP contribution in [0.15, 0.2) is 41.0 Å². The Balaban J connectivity index is 2.21. The summed E-state index contributed by atoms with van der Waals surface area (Å²) in [5.74, 6) is -0.786. The molecule has 0 bridgehead atoms. The summed E-state index contributed by atoms with van der Waals surface area (Å²) in [6.07, 6.45) is 2.75. The average molecular weight is 322 g/mol. The first-order valence-corrected chi connectivity index (χ1v) is 6.82. The number of carbonyl (C=O) groups is 1. The van der Waals surface area contributed by atoms with Gasteiger partial charge in [-0.15, -0.1) is 0 Å². The molecule has 0 radical (unpaired) electrons. The molecular formula is C15H13BrFNO. The van der Waals surface area contributed by atoms with Crippen LogP contribution in [0.25, 0.3) is 0 Å². The van der Waals surface area contributed by atoms with Gasteiger partial charge in [0.05, 0.1) is 12.0 Å². The molecule has 2 nitrogen and oxygen atoms in total. The zero-order chi connectivity index (χ0) is 13.8. The number of benzene rings is 1. The van der Waals surface area contributed by atoms with Crippen molar-refractivity contribution in [2.24, 2.45) is 0 Å². The summed E-state index contributed by atoms with van der Waals surface area (Å²) in [6, 6.07) is 8.25. The molecule has 98 valence electrons. The summed E-state index contributed by atoms with van der Waals surface area (Å²) in [5, 5.41) is 0. The van der Waals surface area contributed by atoms with Crippen molar-refractivity contribution in [2.75, 3.05) is 0 Å². The lowest BCUT2D eigenvalue weighted by atomic mass is 10.1. The van der Waals surface area contributed by atoms with Crippen molar-refractivity contribution in [1.29, 1.82) is 0 Å². The molecule has 2 aromatic rings. The normalized spacial score (nSPS) is 10.5. The molecule has 0 atom stereocenters. The minimum absolute atomic E-state index is 0.0869. The largest absolute Gasteiger partial charge is 0.294 e. The van der Waals surface area contributed by atoms with E-state index in [4.69, 9.17) is 0 Å². The highest BCUT2D eigenvalue weighted by Crippen LogP contribution is 2.21. The van der Waals surface area contributed by atoms with Gasteiger partial charge in [0, 0.05) is 16.4 Å². The molecule has 0 unspecified atom stereocenters. The number of nitrogens with zero attached hydrogens (tertiary/aromatic N) is 1. The number of hydrogen-bond donors (Lipinski definition) is 0. The molecule has 0 aliphatic heterocycles. The number of carbonyl (C=O) groups excluding carboxylic acids is 1. The topological polar surface area (TPSA) is 30.0 Å². The molecule has 19 heavy (non-hydrogen) atoms. The molecule has 0 fully saturated rings. The Hall–Kier alpha value is -1.55. The van der Waals surface area contributed by atoms with Crippen LogP contribution in [-0.2, 0) is 12.8 Å². The molecule has 4 heteroatoms. The smallest absolute Gasteiger partial charge is 0.172 e. The number of aryl methyl sites for hydroxylation is 1. The van der Waals surface area contributed by atoms with Gasteiger partial charge in [-0.2, -0.15) is 0 Å². The summed E-state index contributed by atoms with van der Waals surface area (Å²) in [7, 11) is 0. The van der Waals surface area contributed by atoms with Crippen LogP contribution >= 0.6 is 15.9 Å². The fourth-order valence-electron chi connectivity index (χ4n) is 1.79. The minimum Gasteiger partial charge on any atom is -0.294 e. The summed E-state index contributed by atoms with van der Waals surface area (Å²) >= 11 is 3.20. The van der Waals surface area contributed by atoms with Crippen LogP contribution in [0.5, 0.6) is 0 Å². The Kier molecular flexibility index (Phi) is 4.43. The van der Waals surface area contributed by atoms with Gasteiger partial charge in [-0.25, -0.2) is 4.39 Å². The fraction of sp³-hybridized carbons (Fsp3) is 0.200. The molecule has 1 aromatic carbocycles. The van der Waals surface area contributed by atoms with Gasteiger partial charge in [0.1, 0.15) is 5.82 Å². The van der Waals surface area contributed by atoms with E-state index in [0.717, 1.165) is 12.0 Å². The standard InChI is InChI=1S/C15H13BrFNO/c1-2-10-6-7-11(18-9-10)8-14(19)15-12(16)4-3-5-13(15)17/h3-7,9H,2,8H2,1H3. The monoisotopic (exact) mass is 321 g/mol. The number of halogens is 2. The third-order valence-electron chi connectivity index (χ3n) is 2.88. The van der Waals surface area contributed by atoms with E-state index >= 15 is 0 Å². The highest BCUT2D eigenvalue weighted by Gasteiger charge is 2.16. The Bertz CT molecular complexity index is 575. The Morgan fingerprint density at radius 1 is 1.32 bits per heavy atom. The molecule has 0 saturated carbocycles. The lowest BCUT2D eigenvalue weighted by Gasteiger charge is -2.05. The van der Waals surface area contributed by atoms with Crippen molar-refractivity contribution >= 4 is 21.7 Å². The van der Waals surface area contributed by atoms with Gasteiger partial charge in [-0.3, -0.25) is 9.78 Å². The fourth-order valence-corrected chi connectivity index (χ4v) is 2.35. The van der Waals surface area contributed by atoms with Gasteiger partial charge in [-0.1, -0.05) is 19.1 Å². The maximum Gasteiger partial charge on any atom is 0.172 e. The highest BCUT2D eigenvalue weighted by molar-refractivity contribution is 9.10. The third kappa shape index (κ3) is 3.26. The van der Waals surface area contributed by atoms with Crippen LogP contribution in [0.2, 0.25) is 0 Å². The van der Waals surface area contributed by atoms with Crippen molar-refractivity contribution < 1.29 is 9.18 Å². The molecule has 1 heterocycles. The number of rotatable bonds is 4. The van der Waals surface area contributed by atoms with Crippen LogP contribution in [0, 0.1) is 5.82 Å². The van der Waals surface area contributed by atoms with Crippen LogP contribution in [0.4, 0.5) is 4.39 Å². The Morgan fingerprint density at radius 2 is 2.11 bits per heavy atom. The van der Waals surface area contributed by atoms with Gasteiger partial charge < -0.3 is 0 Å². The summed E-state index contributed by atoms with van der Waals surface area (Å²) in [5.41, 5.74) is 1.85. The molecular weight excluding hydrogens is 309 g/mol. The maximum absolute atomic E-state index is 13.7. The molecule has 2 rings (SSSR count). The van der Waals surface area contributed by atoms with Crippen molar-refractivity contribution in [1.82, 2.24) is 4.98 Å². The number of hydrogen-bond acceptors (Lipinski definition) is 2. The van der Waals surface area contributed by atoms with E-state index in [1.807, 2.05) is 19.1 Å². The first-order chi connectivity index (χ1) is 9.11. The number of aromatic nitrogens is 1. The first-order valence-electron chi connectivity index (χ1n) is 6.03. The van der Waals surface area contributed by atoms with E-state index in [9.17, 15) is 9.18 Å². The second kappa shape index (κ2) is 6.06. The van der Waals surface area contributed by atoms with Gasteiger partial charge in [-0.05, 0) is 46.1 Å². The van der Waals surface area contributed by atoms with E-state index in [-0.39, 0.29) is 17.8 Å². The van der Waals surface area contributed by atoms with E-state index < -0.39 is 5.82 Å². The Labute approximate surface area is 119 Å². The van der Waals surface area contributed by atoms with Gasteiger partial charge >= 0.3 is 0 Å². The molecule has 0 spiro atoms. The average Bonchev–Trinajstić information content (AvgIpc) is 2.39. The Morgan fingerprint density at radius 3 is 2.68 bits per heavy atom. The van der Waals surface area contributed by atoms with Crippen LogP contribution in [0.3, 0.4) is 0 Å². The van der Waals surface area contributed by atoms with Crippen molar-refractivity contribution in [3.8, 4) is 0 Å². The van der Waals surface area contributed by atoms with E-state index in [2.05, 4.69) is 20.9 Å². The van der Waals surface area contributed by atoms with Crippen molar-refractivity contribution in [3.05, 3.63) is 63.6 Å².